The van der Waals surface area contributed by atoms with E-state index in [4.69, 9.17) is 5.26 Å². The normalized spacial score (nSPS) is 19.6. The second kappa shape index (κ2) is 5.29. The Kier molecular flexibility index (Phi) is 3.90. The summed E-state index contributed by atoms with van der Waals surface area (Å²) in [5, 5.41) is 12.0. The van der Waals surface area contributed by atoms with Crippen LogP contribution in [-0.2, 0) is 10.0 Å². The molecule has 1 aromatic rings. The van der Waals surface area contributed by atoms with E-state index in [0.717, 1.165) is 13.0 Å². The Balaban J connectivity index is 2.34. The summed E-state index contributed by atoms with van der Waals surface area (Å²) in [6.45, 7) is 3.27. The van der Waals surface area contributed by atoms with Gasteiger partial charge in [0.1, 0.15) is 0 Å². The van der Waals surface area contributed by atoms with E-state index < -0.39 is 10.0 Å². The maximum atomic E-state index is 12.5. The number of sulfonamides is 1. The molecule has 1 atom stereocenters. The quantitative estimate of drug-likeness (QED) is 0.890. The molecule has 0 amide bonds. The van der Waals surface area contributed by atoms with Crippen LogP contribution in [0.1, 0.15) is 17.5 Å². The van der Waals surface area contributed by atoms with Gasteiger partial charge >= 0.3 is 0 Å². The van der Waals surface area contributed by atoms with Crippen molar-refractivity contribution in [1.29, 1.82) is 5.26 Å². The molecule has 0 bridgehead atoms. The Morgan fingerprint density at radius 1 is 1.47 bits per heavy atom. The van der Waals surface area contributed by atoms with Gasteiger partial charge in [-0.05, 0) is 43.7 Å². The number of likely N-dealkylation sites (N-methyl/N-ethyl adjacent to an activating group) is 1. The molecular formula is C13H17N3O2S. The third kappa shape index (κ3) is 2.63. The zero-order valence-electron chi connectivity index (χ0n) is 11.0. The second-order valence-electron chi connectivity index (χ2n) is 4.76. The van der Waals surface area contributed by atoms with Crippen LogP contribution in [0.5, 0.6) is 0 Å². The molecule has 102 valence electrons. The Labute approximate surface area is 113 Å². The van der Waals surface area contributed by atoms with Crippen molar-refractivity contribution in [3.63, 3.8) is 0 Å². The van der Waals surface area contributed by atoms with Gasteiger partial charge in [0.2, 0.25) is 10.0 Å². The smallest absolute Gasteiger partial charge is 0.243 e. The molecule has 0 radical (unpaired) electrons. The average molecular weight is 279 g/mol. The number of benzene rings is 1. The van der Waals surface area contributed by atoms with Gasteiger partial charge in [0.05, 0.1) is 16.5 Å². The maximum Gasteiger partial charge on any atom is 0.243 e. The molecule has 1 heterocycles. The van der Waals surface area contributed by atoms with E-state index in [-0.39, 0.29) is 10.9 Å². The highest BCUT2D eigenvalue weighted by atomic mass is 32.2. The van der Waals surface area contributed by atoms with Crippen molar-refractivity contribution < 1.29 is 8.42 Å². The lowest BCUT2D eigenvalue weighted by atomic mass is 10.1. The minimum atomic E-state index is -3.49. The van der Waals surface area contributed by atoms with Crippen LogP contribution in [0, 0.1) is 18.3 Å². The lowest BCUT2D eigenvalue weighted by Gasteiger charge is -2.23. The molecule has 1 unspecified atom stereocenters. The van der Waals surface area contributed by atoms with Crippen LogP contribution < -0.4 is 5.32 Å². The number of nitriles is 1. The first-order valence-electron chi connectivity index (χ1n) is 6.16. The van der Waals surface area contributed by atoms with Gasteiger partial charge in [-0.15, -0.1) is 0 Å². The van der Waals surface area contributed by atoms with E-state index in [1.165, 1.54) is 10.4 Å². The molecule has 0 saturated carbocycles. The van der Waals surface area contributed by atoms with Crippen molar-refractivity contribution >= 4 is 10.0 Å². The Bertz CT molecular complexity index is 613. The van der Waals surface area contributed by atoms with Crippen molar-refractivity contribution in [3.05, 3.63) is 29.3 Å². The topological polar surface area (TPSA) is 73.2 Å². The van der Waals surface area contributed by atoms with Gasteiger partial charge in [0.15, 0.2) is 0 Å². The first-order chi connectivity index (χ1) is 8.96. The van der Waals surface area contributed by atoms with Gasteiger partial charge in [0, 0.05) is 19.6 Å². The third-order valence-electron chi connectivity index (χ3n) is 3.54. The van der Waals surface area contributed by atoms with Gasteiger partial charge in [-0.25, -0.2) is 8.42 Å². The van der Waals surface area contributed by atoms with Crippen LogP contribution in [0.15, 0.2) is 23.1 Å². The number of nitrogens with one attached hydrogen (secondary N) is 1. The minimum absolute atomic E-state index is 0.000879. The van der Waals surface area contributed by atoms with Crippen molar-refractivity contribution in [2.75, 3.05) is 20.1 Å². The predicted octanol–water partition coefficient (Wildman–Crippen LogP) is 0.849. The van der Waals surface area contributed by atoms with Crippen LogP contribution >= 0.6 is 0 Å². The predicted molar refractivity (Wildman–Crippen MR) is 72.1 cm³/mol. The van der Waals surface area contributed by atoms with Crippen molar-refractivity contribution in [2.45, 2.75) is 24.3 Å². The van der Waals surface area contributed by atoms with Crippen molar-refractivity contribution in [3.8, 4) is 6.07 Å². The van der Waals surface area contributed by atoms with Crippen LogP contribution in [0.4, 0.5) is 0 Å². The van der Waals surface area contributed by atoms with E-state index in [1.54, 1.807) is 26.1 Å². The number of hydrogen-bond donors (Lipinski definition) is 1. The molecule has 19 heavy (non-hydrogen) atoms. The Morgan fingerprint density at radius 2 is 2.21 bits per heavy atom. The molecule has 1 saturated heterocycles. The molecule has 1 aliphatic heterocycles. The Hall–Kier alpha value is -1.42. The number of rotatable bonds is 3. The number of hydrogen-bond acceptors (Lipinski definition) is 4. The minimum Gasteiger partial charge on any atom is -0.315 e. The largest absolute Gasteiger partial charge is 0.315 e. The highest BCUT2D eigenvalue weighted by Gasteiger charge is 2.30. The lowest BCUT2D eigenvalue weighted by Crippen LogP contribution is -2.38. The fourth-order valence-corrected chi connectivity index (χ4v) is 3.71. The van der Waals surface area contributed by atoms with E-state index in [2.05, 4.69) is 5.32 Å². The monoisotopic (exact) mass is 279 g/mol. The summed E-state index contributed by atoms with van der Waals surface area (Å²) in [6, 6.07) is 6.66. The van der Waals surface area contributed by atoms with Crippen LogP contribution in [0.2, 0.25) is 0 Å². The first kappa shape index (κ1) is 14.0. The van der Waals surface area contributed by atoms with Crippen LogP contribution in [0.25, 0.3) is 0 Å². The van der Waals surface area contributed by atoms with Crippen LogP contribution in [0.3, 0.4) is 0 Å². The SMILES string of the molecule is Cc1cc(S(=O)(=O)N(C)C2CCNC2)ccc1C#N. The molecule has 0 spiro atoms. The first-order valence-corrected chi connectivity index (χ1v) is 7.60. The molecule has 1 fully saturated rings. The summed E-state index contributed by atoms with van der Waals surface area (Å²) in [6.07, 6.45) is 0.824. The molecule has 1 aromatic carbocycles. The van der Waals surface area contributed by atoms with E-state index in [1.807, 2.05) is 6.07 Å². The third-order valence-corrected chi connectivity index (χ3v) is 5.45. The maximum absolute atomic E-state index is 12.5. The number of aryl methyl sites for hydroxylation is 1. The molecule has 1 aliphatic rings. The van der Waals surface area contributed by atoms with Gasteiger partial charge < -0.3 is 5.32 Å². The zero-order chi connectivity index (χ0) is 14.0. The highest BCUT2D eigenvalue weighted by Crippen LogP contribution is 2.21. The highest BCUT2D eigenvalue weighted by molar-refractivity contribution is 7.89. The molecule has 0 aromatic heterocycles. The Morgan fingerprint density at radius 3 is 2.74 bits per heavy atom. The summed E-state index contributed by atoms with van der Waals surface area (Å²) in [4.78, 5) is 0.249. The summed E-state index contributed by atoms with van der Waals surface area (Å²) >= 11 is 0. The zero-order valence-corrected chi connectivity index (χ0v) is 11.9. The average Bonchev–Trinajstić information content (AvgIpc) is 2.91. The van der Waals surface area contributed by atoms with E-state index >= 15 is 0 Å². The second-order valence-corrected chi connectivity index (χ2v) is 6.75. The molecule has 1 N–H and O–H groups in total. The summed E-state index contributed by atoms with van der Waals surface area (Å²) < 4.78 is 26.4. The lowest BCUT2D eigenvalue weighted by molar-refractivity contribution is 0.387. The molecule has 6 heteroatoms. The standard InChI is InChI=1S/C13H17N3O2S/c1-10-7-13(4-3-11(10)8-14)19(17,18)16(2)12-5-6-15-9-12/h3-4,7,12,15H,5-6,9H2,1-2H3. The van der Waals surface area contributed by atoms with E-state index in [0.29, 0.717) is 17.7 Å². The molecule has 2 rings (SSSR count). The van der Waals surface area contributed by atoms with Gasteiger partial charge in [0.25, 0.3) is 0 Å². The molecule has 5 nitrogen and oxygen atoms in total. The van der Waals surface area contributed by atoms with Crippen molar-refractivity contribution in [2.24, 2.45) is 0 Å². The van der Waals surface area contributed by atoms with Gasteiger partial charge in [-0.3, -0.25) is 0 Å². The molecule has 0 aliphatic carbocycles. The van der Waals surface area contributed by atoms with E-state index in [9.17, 15) is 8.42 Å². The van der Waals surface area contributed by atoms with Crippen molar-refractivity contribution in [1.82, 2.24) is 9.62 Å². The fraction of sp³-hybridized carbons (Fsp3) is 0.462. The fourth-order valence-electron chi connectivity index (χ4n) is 2.23. The molecular weight excluding hydrogens is 262 g/mol. The van der Waals surface area contributed by atoms with Gasteiger partial charge in [-0.1, -0.05) is 0 Å². The number of nitrogens with zero attached hydrogens (tertiary/aromatic N) is 2. The van der Waals surface area contributed by atoms with Crippen LogP contribution in [-0.4, -0.2) is 38.9 Å². The van der Waals surface area contributed by atoms with Gasteiger partial charge in [-0.2, -0.15) is 9.57 Å². The summed E-state index contributed by atoms with van der Waals surface area (Å²) in [7, 11) is -1.87. The summed E-state index contributed by atoms with van der Waals surface area (Å²) in [5.41, 5.74) is 1.19. The summed E-state index contributed by atoms with van der Waals surface area (Å²) in [5.74, 6) is 0.